The molecule has 0 bridgehead atoms. The van der Waals surface area contributed by atoms with Gasteiger partial charge in [0.05, 0.1) is 19.2 Å². The molecule has 1 fully saturated rings. The molecule has 1 saturated heterocycles. The number of nitrogens with one attached hydrogen (secondary N) is 2. The quantitative estimate of drug-likeness (QED) is 0.257. The highest BCUT2D eigenvalue weighted by molar-refractivity contribution is 8.00. The SMILES string of the molecule is CC(C)C[C@@H](NC(=O)CNC(=O)COc1ccc([C@@H]2[C@@H](SCCO)C(=O)N2c2ccc(F)cc2)cc1)C(=O)O. The molecule has 0 saturated carbocycles. The van der Waals surface area contributed by atoms with Crippen LogP contribution in [0.5, 0.6) is 5.75 Å². The van der Waals surface area contributed by atoms with Gasteiger partial charge in [-0.05, 0) is 54.3 Å². The zero-order valence-electron chi connectivity index (χ0n) is 21.6. The number of carboxylic acid groups (broad SMARTS) is 1. The van der Waals surface area contributed by atoms with Crippen LogP contribution in [0.2, 0.25) is 0 Å². The summed E-state index contributed by atoms with van der Waals surface area (Å²) in [5.74, 6) is -2.00. The Morgan fingerprint density at radius 1 is 1.08 bits per heavy atom. The van der Waals surface area contributed by atoms with E-state index in [9.17, 15) is 33.8 Å². The Kier molecular flexibility index (Phi) is 10.7. The van der Waals surface area contributed by atoms with Crippen molar-refractivity contribution in [2.45, 2.75) is 37.6 Å². The monoisotopic (exact) mass is 561 g/mol. The van der Waals surface area contributed by atoms with Crippen LogP contribution in [0.4, 0.5) is 10.1 Å². The normalized spacial score (nSPS) is 17.4. The van der Waals surface area contributed by atoms with E-state index in [4.69, 9.17) is 4.74 Å². The van der Waals surface area contributed by atoms with E-state index >= 15 is 0 Å². The van der Waals surface area contributed by atoms with Gasteiger partial charge in [-0.3, -0.25) is 14.4 Å². The number of ether oxygens (including phenoxy) is 1. The van der Waals surface area contributed by atoms with Crippen molar-refractivity contribution in [2.75, 3.05) is 30.4 Å². The number of aliphatic hydroxyl groups is 1. The lowest BCUT2D eigenvalue weighted by Crippen LogP contribution is -2.57. The van der Waals surface area contributed by atoms with Gasteiger partial charge in [0.2, 0.25) is 11.8 Å². The lowest BCUT2D eigenvalue weighted by Gasteiger charge is -2.47. The molecule has 0 spiro atoms. The number of carboxylic acids is 1. The smallest absolute Gasteiger partial charge is 0.326 e. The number of halogens is 1. The fraction of sp³-hybridized carbons (Fsp3) is 0.407. The first-order valence-corrected chi connectivity index (χ1v) is 13.5. The van der Waals surface area contributed by atoms with Gasteiger partial charge in [-0.15, -0.1) is 11.8 Å². The Hall–Kier alpha value is -3.64. The maximum Gasteiger partial charge on any atom is 0.326 e. The summed E-state index contributed by atoms with van der Waals surface area (Å²) in [6, 6.07) is 11.1. The summed E-state index contributed by atoms with van der Waals surface area (Å²) in [6.45, 7) is 2.88. The zero-order valence-corrected chi connectivity index (χ0v) is 22.4. The van der Waals surface area contributed by atoms with Gasteiger partial charge < -0.3 is 30.5 Å². The summed E-state index contributed by atoms with van der Waals surface area (Å²) in [4.78, 5) is 49.8. The van der Waals surface area contributed by atoms with Gasteiger partial charge in [0.25, 0.3) is 5.91 Å². The Labute approximate surface area is 229 Å². The van der Waals surface area contributed by atoms with Gasteiger partial charge in [0, 0.05) is 11.4 Å². The number of aliphatic hydroxyl groups excluding tert-OH is 1. The van der Waals surface area contributed by atoms with E-state index in [1.165, 1.54) is 36.0 Å². The molecule has 2 aromatic carbocycles. The minimum absolute atomic E-state index is 0.0632. The first-order valence-electron chi connectivity index (χ1n) is 12.4. The molecule has 1 aliphatic rings. The number of amides is 3. The van der Waals surface area contributed by atoms with E-state index in [0.29, 0.717) is 17.2 Å². The Balaban J connectivity index is 1.55. The molecule has 3 amide bonds. The second kappa shape index (κ2) is 13.9. The van der Waals surface area contributed by atoms with Crippen molar-refractivity contribution in [2.24, 2.45) is 5.92 Å². The summed E-state index contributed by atoms with van der Waals surface area (Å²) < 4.78 is 18.9. The lowest BCUT2D eigenvalue weighted by molar-refractivity contribution is -0.142. The Morgan fingerprint density at radius 2 is 1.74 bits per heavy atom. The molecule has 1 aliphatic heterocycles. The first-order chi connectivity index (χ1) is 18.6. The lowest BCUT2D eigenvalue weighted by atomic mass is 9.92. The van der Waals surface area contributed by atoms with Crippen LogP contribution in [0, 0.1) is 11.7 Å². The zero-order chi connectivity index (χ0) is 28.5. The van der Waals surface area contributed by atoms with Crippen LogP contribution in [-0.2, 0) is 19.2 Å². The molecular formula is C27H32FN3O7S. The van der Waals surface area contributed by atoms with E-state index < -0.39 is 34.9 Å². The Bertz CT molecular complexity index is 1160. The van der Waals surface area contributed by atoms with Gasteiger partial charge in [-0.1, -0.05) is 26.0 Å². The third kappa shape index (κ3) is 8.17. The van der Waals surface area contributed by atoms with Crippen molar-refractivity contribution in [1.29, 1.82) is 0 Å². The predicted molar refractivity (Wildman–Crippen MR) is 144 cm³/mol. The number of nitrogens with zero attached hydrogens (tertiary/aromatic N) is 1. The standard InChI is InChI=1S/C27H32FN3O7S/c1-16(2)13-21(27(36)37)30-22(33)14-29-23(34)15-38-20-9-3-17(4-10-20)24-25(39-12-11-32)26(35)31(24)19-7-5-18(28)6-8-19/h3-10,16,21,24-25,32H,11-15H2,1-2H3,(H,29,34)(H,30,33)(H,36,37)/t21-,24-,25-/m1/s1. The van der Waals surface area contributed by atoms with Crippen molar-refractivity contribution in [3.8, 4) is 5.75 Å². The molecule has 4 N–H and O–H groups in total. The average Bonchev–Trinajstić information content (AvgIpc) is 2.90. The second-order valence-electron chi connectivity index (χ2n) is 9.37. The molecule has 39 heavy (non-hydrogen) atoms. The molecule has 3 atom stereocenters. The molecule has 0 radical (unpaired) electrons. The van der Waals surface area contributed by atoms with Crippen LogP contribution >= 0.6 is 11.8 Å². The van der Waals surface area contributed by atoms with Crippen molar-refractivity contribution in [3.63, 3.8) is 0 Å². The Morgan fingerprint density at radius 3 is 2.33 bits per heavy atom. The fourth-order valence-electron chi connectivity index (χ4n) is 4.10. The largest absolute Gasteiger partial charge is 0.484 e. The molecule has 210 valence electrons. The fourth-order valence-corrected chi connectivity index (χ4v) is 5.17. The molecule has 0 unspecified atom stereocenters. The third-order valence-corrected chi connectivity index (χ3v) is 7.15. The van der Waals surface area contributed by atoms with Gasteiger partial charge in [0.15, 0.2) is 6.61 Å². The summed E-state index contributed by atoms with van der Waals surface area (Å²) in [5, 5.41) is 22.8. The number of hydrogen-bond acceptors (Lipinski definition) is 7. The summed E-state index contributed by atoms with van der Waals surface area (Å²) in [6.07, 6.45) is 0.270. The van der Waals surface area contributed by atoms with E-state index in [0.717, 1.165) is 5.56 Å². The summed E-state index contributed by atoms with van der Waals surface area (Å²) in [5.41, 5.74) is 1.37. The van der Waals surface area contributed by atoms with Gasteiger partial charge >= 0.3 is 5.97 Å². The molecule has 0 aromatic heterocycles. The van der Waals surface area contributed by atoms with E-state index in [-0.39, 0.29) is 44.0 Å². The minimum atomic E-state index is -1.14. The number of benzene rings is 2. The second-order valence-corrected chi connectivity index (χ2v) is 10.6. The highest BCUT2D eigenvalue weighted by Crippen LogP contribution is 2.45. The number of carbonyl (C=O) groups is 4. The van der Waals surface area contributed by atoms with Crippen LogP contribution in [-0.4, -0.2) is 70.7 Å². The van der Waals surface area contributed by atoms with Gasteiger partial charge in [0.1, 0.15) is 22.9 Å². The van der Waals surface area contributed by atoms with E-state index in [2.05, 4.69) is 10.6 Å². The van der Waals surface area contributed by atoms with Crippen LogP contribution in [0.15, 0.2) is 48.5 Å². The maximum atomic E-state index is 13.4. The number of rotatable bonds is 14. The molecule has 1 heterocycles. The third-order valence-electron chi connectivity index (χ3n) is 5.92. The highest BCUT2D eigenvalue weighted by Gasteiger charge is 2.49. The molecule has 3 rings (SSSR count). The molecule has 0 aliphatic carbocycles. The van der Waals surface area contributed by atoms with E-state index in [1.807, 2.05) is 13.8 Å². The van der Waals surface area contributed by atoms with Crippen molar-refractivity contribution in [1.82, 2.24) is 10.6 Å². The molecule has 12 heteroatoms. The van der Waals surface area contributed by atoms with E-state index in [1.54, 1.807) is 29.2 Å². The van der Waals surface area contributed by atoms with Crippen molar-refractivity contribution in [3.05, 3.63) is 59.9 Å². The number of hydrogen-bond donors (Lipinski definition) is 4. The molecule has 2 aromatic rings. The van der Waals surface area contributed by atoms with Crippen LogP contribution < -0.4 is 20.3 Å². The van der Waals surface area contributed by atoms with Crippen LogP contribution in [0.3, 0.4) is 0 Å². The number of β-lactam (4-membered cyclic amide) rings is 1. The number of thioether (sulfide) groups is 1. The van der Waals surface area contributed by atoms with Gasteiger partial charge in [-0.2, -0.15) is 0 Å². The van der Waals surface area contributed by atoms with Crippen molar-refractivity contribution < 1.29 is 38.5 Å². The summed E-state index contributed by atoms with van der Waals surface area (Å²) >= 11 is 1.34. The maximum absolute atomic E-state index is 13.4. The average molecular weight is 562 g/mol. The summed E-state index contributed by atoms with van der Waals surface area (Å²) in [7, 11) is 0. The van der Waals surface area contributed by atoms with Crippen LogP contribution in [0.1, 0.15) is 31.9 Å². The molecular weight excluding hydrogens is 529 g/mol. The first kappa shape index (κ1) is 29.9. The highest BCUT2D eigenvalue weighted by atomic mass is 32.2. The van der Waals surface area contributed by atoms with Crippen molar-refractivity contribution >= 4 is 41.1 Å². The topological polar surface area (TPSA) is 145 Å². The van der Waals surface area contributed by atoms with Gasteiger partial charge in [-0.25, -0.2) is 9.18 Å². The number of anilines is 1. The molecule has 10 nitrogen and oxygen atoms in total. The number of carbonyl (C=O) groups excluding carboxylic acids is 3. The van der Waals surface area contributed by atoms with Crippen LogP contribution in [0.25, 0.3) is 0 Å². The predicted octanol–water partition coefficient (Wildman–Crippen LogP) is 2.12. The minimum Gasteiger partial charge on any atom is -0.484 e. The number of aliphatic carboxylic acids is 1.